The van der Waals surface area contributed by atoms with Crippen LogP contribution >= 0.6 is 11.3 Å². The highest BCUT2D eigenvalue weighted by Crippen LogP contribution is 2.37. The topological polar surface area (TPSA) is 20.2 Å². The Morgan fingerprint density at radius 3 is 3.11 bits per heavy atom. The number of thiophene rings is 1. The van der Waals surface area contributed by atoms with Crippen molar-refractivity contribution in [3.8, 4) is 0 Å². The first-order valence-corrected chi connectivity index (χ1v) is 7.92. The summed E-state index contributed by atoms with van der Waals surface area (Å²) in [4.78, 5) is 1.49. The van der Waals surface area contributed by atoms with Crippen LogP contribution in [0.15, 0.2) is 35.7 Å². The first-order valence-electron chi connectivity index (χ1n) is 7.04. The number of benzene rings is 1. The van der Waals surface area contributed by atoms with Gasteiger partial charge in [0.25, 0.3) is 0 Å². The molecule has 0 aliphatic heterocycles. The van der Waals surface area contributed by atoms with Crippen molar-refractivity contribution in [1.29, 1.82) is 0 Å². The quantitative estimate of drug-likeness (QED) is 0.892. The molecule has 2 atom stereocenters. The number of rotatable bonds is 3. The molecule has 0 fully saturated rings. The van der Waals surface area contributed by atoms with E-state index in [0.717, 1.165) is 12.8 Å². The van der Waals surface area contributed by atoms with Crippen LogP contribution in [0.1, 0.15) is 40.3 Å². The summed E-state index contributed by atoms with van der Waals surface area (Å²) in [5.74, 6) is 0.329. The van der Waals surface area contributed by atoms with Gasteiger partial charge < -0.3 is 5.11 Å². The zero-order valence-electron chi connectivity index (χ0n) is 11.3. The van der Waals surface area contributed by atoms with Gasteiger partial charge in [-0.2, -0.15) is 0 Å². The summed E-state index contributed by atoms with van der Waals surface area (Å²) >= 11 is 1.84. The highest BCUT2D eigenvalue weighted by atomic mass is 32.1. The molecular formula is C17H20OS. The Balaban J connectivity index is 1.77. The van der Waals surface area contributed by atoms with Gasteiger partial charge in [0.2, 0.25) is 0 Å². The fourth-order valence-corrected chi connectivity index (χ4v) is 4.14. The van der Waals surface area contributed by atoms with E-state index in [4.69, 9.17) is 0 Å². The van der Waals surface area contributed by atoms with Crippen molar-refractivity contribution in [2.24, 2.45) is 0 Å². The molecule has 1 aliphatic rings. The number of aryl methyl sites for hydroxylation is 2. The molecule has 1 aliphatic carbocycles. The van der Waals surface area contributed by atoms with Crippen molar-refractivity contribution in [2.45, 2.75) is 44.6 Å². The Hall–Kier alpha value is -1.12. The first kappa shape index (κ1) is 12.9. The maximum Gasteiger partial charge on any atom is 0.0649 e. The first-order chi connectivity index (χ1) is 9.24. The summed E-state index contributed by atoms with van der Waals surface area (Å²) in [5.41, 5.74) is 3.91. The molecule has 19 heavy (non-hydrogen) atoms. The van der Waals surface area contributed by atoms with Crippen molar-refractivity contribution in [3.05, 3.63) is 57.3 Å². The molecular weight excluding hydrogens is 252 g/mol. The lowest BCUT2D eigenvalue weighted by molar-refractivity contribution is 0.135. The van der Waals surface area contributed by atoms with E-state index in [0.29, 0.717) is 5.92 Å². The van der Waals surface area contributed by atoms with Gasteiger partial charge >= 0.3 is 0 Å². The van der Waals surface area contributed by atoms with Crippen molar-refractivity contribution >= 4 is 11.3 Å². The second kappa shape index (κ2) is 5.48. The molecule has 0 bridgehead atoms. The summed E-state index contributed by atoms with van der Waals surface area (Å²) in [6.07, 6.45) is 4.04. The molecule has 100 valence electrons. The molecule has 2 aromatic rings. The van der Waals surface area contributed by atoms with Crippen LogP contribution in [0.5, 0.6) is 0 Å². The molecule has 3 rings (SSSR count). The van der Waals surface area contributed by atoms with Gasteiger partial charge in [0.05, 0.1) is 6.10 Å². The van der Waals surface area contributed by atoms with Gasteiger partial charge in [0.15, 0.2) is 0 Å². The molecule has 0 spiro atoms. The van der Waals surface area contributed by atoms with E-state index < -0.39 is 0 Å². The van der Waals surface area contributed by atoms with Crippen molar-refractivity contribution in [2.75, 3.05) is 0 Å². The van der Waals surface area contributed by atoms with Gasteiger partial charge in [0, 0.05) is 10.8 Å². The SMILES string of the molecule is Cc1cccc(CC(O)C2CCCc3sccc32)c1. The molecule has 0 radical (unpaired) electrons. The molecule has 1 nitrogen and oxygen atoms in total. The fraction of sp³-hybridized carbons (Fsp3) is 0.412. The highest BCUT2D eigenvalue weighted by Gasteiger charge is 2.27. The van der Waals surface area contributed by atoms with E-state index in [-0.39, 0.29) is 6.10 Å². The van der Waals surface area contributed by atoms with E-state index in [1.54, 1.807) is 0 Å². The molecule has 0 saturated carbocycles. The lowest BCUT2D eigenvalue weighted by Gasteiger charge is -2.27. The van der Waals surface area contributed by atoms with Gasteiger partial charge in [-0.25, -0.2) is 0 Å². The van der Waals surface area contributed by atoms with Crippen LogP contribution in [0.3, 0.4) is 0 Å². The summed E-state index contributed by atoms with van der Waals surface area (Å²) in [6.45, 7) is 2.10. The van der Waals surface area contributed by atoms with E-state index in [2.05, 4.69) is 42.6 Å². The summed E-state index contributed by atoms with van der Waals surface area (Å²) in [7, 11) is 0. The van der Waals surface area contributed by atoms with Crippen LogP contribution in [0.25, 0.3) is 0 Å². The maximum atomic E-state index is 10.6. The van der Waals surface area contributed by atoms with Crippen LogP contribution in [0.2, 0.25) is 0 Å². The second-order valence-electron chi connectivity index (χ2n) is 5.56. The average Bonchev–Trinajstić information content (AvgIpc) is 2.86. The molecule has 1 heterocycles. The van der Waals surface area contributed by atoms with Gasteiger partial charge in [-0.3, -0.25) is 0 Å². The summed E-state index contributed by atoms with van der Waals surface area (Å²) < 4.78 is 0. The van der Waals surface area contributed by atoms with Crippen LogP contribution in [-0.4, -0.2) is 11.2 Å². The Morgan fingerprint density at radius 2 is 2.26 bits per heavy atom. The Morgan fingerprint density at radius 1 is 1.37 bits per heavy atom. The zero-order valence-corrected chi connectivity index (χ0v) is 12.1. The van der Waals surface area contributed by atoms with Crippen LogP contribution in [0, 0.1) is 6.92 Å². The van der Waals surface area contributed by atoms with Crippen molar-refractivity contribution in [1.82, 2.24) is 0 Å². The van der Waals surface area contributed by atoms with E-state index in [1.165, 1.54) is 34.4 Å². The lowest BCUT2D eigenvalue weighted by Crippen LogP contribution is -2.24. The van der Waals surface area contributed by atoms with Crippen LogP contribution in [-0.2, 0) is 12.8 Å². The van der Waals surface area contributed by atoms with Gasteiger partial charge in [-0.15, -0.1) is 11.3 Å². The number of hydrogen-bond acceptors (Lipinski definition) is 2. The Labute approximate surface area is 118 Å². The minimum atomic E-state index is -0.254. The second-order valence-corrected chi connectivity index (χ2v) is 6.56. The largest absolute Gasteiger partial charge is 0.392 e. The molecule has 1 aromatic carbocycles. The lowest BCUT2D eigenvalue weighted by atomic mass is 9.82. The van der Waals surface area contributed by atoms with E-state index in [1.807, 2.05) is 11.3 Å². The van der Waals surface area contributed by atoms with E-state index in [9.17, 15) is 5.11 Å². The predicted octanol–water partition coefficient (Wildman–Crippen LogP) is 4.08. The number of aliphatic hydroxyl groups is 1. The minimum absolute atomic E-state index is 0.254. The molecule has 2 heteroatoms. The third kappa shape index (κ3) is 2.75. The highest BCUT2D eigenvalue weighted by molar-refractivity contribution is 7.10. The van der Waals surface area contributed by atoms with E-state index >= 15 is 0 Å². The van der Waals surface area contributed by atoms with Crippen LogP contribution < -0.4 is 0 Å². The summed E-state index contributed by atoms with van der Waals surface area (Å²) in [5, 5.41) is 12.8. The Kier molecular flexibility index (Phi) is 3.72. The van der Waals surface area contributed by atoms with Gasteiger partial charge in [-0.05, 0) is 55.2 Å². The number of fused-ring (bicyclic) bond motifs is 1. The normalized spacial score (nSPS) is 20.0. The minimum Gasteiger partial charge on any atom is -0.392 e. The Bertz CT molecular complexity index is 558. The van der Waals surface area contributed by atoms with Gasteiger partial charge in [0.1, 0.15) is 0 Å². The van der Waals surface area contributed by atoms with Crippen LogP contribution in [0.4, 0.5) is 0 Å². The summed E-state index contributed by atoms with van der Waals surface area (Å²) in [6, 6.07) is 10.7. The molecule has 1 aromatic heterocycles. The zero-order chi connectivity index (χ0) is 13.2. The molecule has 0 saturated heterocycles. The standard InChI is InChI=1S/C17H20OS/c1-12-4-2-5-13(10-12)11-16(18)14-6-3-7-17-15(14)8-9-19-17/h2,4-5,8-10,14,16,18H,3,6-7,11H2,1H3. The molecule has 1 N–H and O–H groups in total. The third-order valence-corrected chi connectivity index (χ3v) is 5.09. The fourth-order valence-electron chi connectivity index (χ4n) is 3.14. The maximum absolute atomic E-state index is 10.6. The predicted molar refractivity (Wildman–Crippen MR) is 80.9 cm³/mol. The number of aliphatic hydroxyl groups excluding tert-OH is 1. The smallest absolute Gasteiger partial charge is 0.0649 e. The third-order valence-electron chi connectivity index (χ3n) is 4.09. The van der Waals surface area contributed by atoms with Gasteiger partial charge in [-0.1, -0.05) is 29.8 Å². The van der Waals surface area contributed by atoms with Crippen molar-refractivity contribution in [3.63, 3.8) is 0 Å². The number of hydrogen-bond donors (Lipinski definition) is 1. The molecule has 2 unspecified atom stereocenters. The molecule has 0 amide bonds. The average molecular weight is 272 g/mol. The monoisotopic (exact) mass is 272 g/mol. The van der Waals surface area contributed by atoms with Crippen molar-refractivity contribution < 1.29 is 5.11 Å².